The molecule has 0 saturated heterocycles. The number of benzene rings is 2. The molecule has 0 atom stereocenters. The zero-order chi connectivity index (χ0) is 13.0. The molecule has 2 aromatic carbocycles. The van der Waals surface area contributed by atoms with E-state index in [1.54, 1.807) is 0 Å². The fraction of sp³-hybridized carbons (Fsp3) is 0.143. The highest BCUT2D eigenvalue weighted by Gasteiger charge is 2.07. The SMILES string of the molecule is Nc1c(F)cc(F)cc1NCCc1ccccc1. The Balaban J connectivity index is 1.99. The largest absolute Gasteiger partial charge is 0.395 e. The molecule has 0 amide bonds. The van der Waals surface area contributed by atoms with Gasteiger partial charge in [0.1, 0.15) is 5.82 Å². The molecule has 0 heterocycles. The molecule has 2 aromatic rings. The van der Waals surface area contributed by atoms with Crippen LogP contribution in [0.1, 0.15) is 5.56 Å². The fourth-order valence-electron chi connectivity index (χ4n) is 1.72. The van der Waals surface area contributed by atoms with Gasteiger partial charge in [0.05, 0.1) is 11.4 Å². The average molecular weight is 248 g/mol. The summed E-state index contributed by atoms with van der Waals surface area (Å²) in [6.07, 6.45) is 0.762. The van der Waals surface area contributed by atoms with Crippen molar-refractivity contribution in [3.63, 3.8) is 0 Å². The van der Waals surface area contributed by atoms with Gasteiger partial charge in [-0.05, 0) is 18.1 Å². The number of nitrogens with one attached hydrogen (secondary N) is 1. The first-order chi connectivity index (χ1) is 8.66. The Bertz CT molecular complexity index is 527. The second-order valence-corrected chi connectivity index (χ2v) is 4.01. The van der Waals surface area contributed by atoms with Crippen molar-refractivity contribution in [2.45, 2.75) is 6.42 Å². The molecule has 0 spiro atoms. The monoisotopic (exact) mass is 248 g/mol. The van der Waals surface area contributed by atoms with Crippen molar-refractivity contribution in [3.05, 3.63) is 59.7 Å². The zero-order valence-corrected chi connectivity index (χ0v) is 9.79. The first-order valence-electron chi connectivity index (χ1n) is 5.69. The van der Waals surface area contributed by atoms with Crippen molar-refractivity contribution in [1.29, 1.82) is 0 Å². The van der Waals surface area contributed by atoms with Crippen LogP contribution in [0, 0.1) is 11.6 Å². The summed E-state index contributed by atoms with van der Waals surface area (Å²) in [7, 11) is 0. The lowest BCUT2D eigenvalue weighted by atomic mass is 10.1. The lowest BCUT2D eigenvalue weighted by Crippen LogP contribution is -2.08. The molecular weight excluding hydrogens is 234 g/mol. The van der Waals surface area contributed by atoms with Crippen LogP contribution in [-0.4, -0.2) is 6.54 Å². The molecule has 0 bridgehead atoms. The first-order valence-corrected chi connectivity index (χ1v) is 5.69. The van der Waals surface area contributed by atoms with Gasteiger partial charge in [0, 0.05) is 12.6 Å². The van der Waals surface area contributed by atoms with Crippen LogP contribution in [0.5, 0.6) is 0 Å². The Kier molecular flexibility index (Phi) is 3.77. The van der Waals surface area contributed by atoms with Gasteiger partial charge in [-0.1, -0.05) is 30.3 Å². The van der Waals surface area contributed by atoms with Crippen molar-refractivity contribution in [3.8, 4) is 0 Å². The topological polar surface area (TPSA) is 38.0 Å². The maximum Gasteiger partial charge on any atom is 0.151 e. The van der Waals surface area contributed by atoms with Crippen LogP contribution in [0.15, 0.2) is 42.5 Å². The van der Waals surface area contributed by atoms with Crippen LogP contribution in [0.3, 0.4) is 0 Å². The molecule has 0 aliphatic rings. The fourth-order valence-corrected chi connectivity index (χ4v) is 1.72. The maximum atomic E-state index is 13.2. The average Bonchev–Trinajstić information content (AvgIpc) is 2.36. The third-order valence-electron chi connectivity index (χ3n) is 2.67. The summed E-state index contributed by atoms with van der Waals surface area (Å²) in [5.74, 6) is -1.37. The molecular formula is C14H14F2N2. The molecule has 0 radical (unpaired) electrons. The van der Waals surface area contributed by atoms with E-state index in [0.717, 1.165) is 18.1 Å². The van der Waals surface area contributed by atoms with Gasteiger partial charge in [0.2, 0.25) is 0 Å². The van der Waals surface area contributed by atoms with Crippen molar-refractivity contribution < 1.29 is 8.78 Å². The van der Waals surface area contributed by atoms with Gasteiger partial charge in [0.15, 0.2) is 5.82 Å². The molecule has 3 N–H and O–H groups in total. The van der Waals surface area contributed by atoms with Gasteiger partial charge in [-0.3, -0.25) is 0 Å². The maximum absolute atomic E-state index is 13.2. The number of rotatable bonds is 4. The van der Waals surface area contributed by atoms with Gasteiger partial charge in [-0.2, -0.15) is 0 Å². The van der Waals surface area contributed by atoms with Gasteiger partial charge in [0.25, 0.3) is 0 Å². The van der Waals surface area contributed by atoms with E-state index >= 15 is 0 Å². The molecule has 2 nitrogen and oxygen atoms in total. The second-order valence-electron chi connectivity index (χ2n) is 4.01. The molecule has 0 fully saturated rings. The predicted octanol–water partition coefficient (Wildman–Crippen LogP) is 3.20. The smallest absolute Gasteiger partial charge is 0.151 e. The molecule has 0 aromatic heterocycles. The van der Waals surface area contributed by atoms with Gasteiger partial charge in [-0.15, -0.1) is 0 Å². The summed E-state index contributed by atoms with van der Waals surface area (Å²) in [4.78, 5) is 0. The molecule has 4 heteroatoms. The normalized spacial score (nSPS) is 10.3. The van der Waals surface area contributed by atoms with E-state index in [4.69, 9.17) is 5.73 Å². The standard InChI is InChI=1S/C14H14F2N2/c15-11-8-12(16)14(17)13(9-11)18-7-6-10-4-2-1-3-5-10/h1-5,8-9,18H,6-7,17H2. The van der Waals surface area contributed by atoms with Crippen LogP contribution in [-0.2, 0) is 6.42 Å². The number of anilines is 2. The lowest BCUT2D eigenvalue weighted by molar-refractivity contribution is 0.587. The van der Waals surface area contributed by atoms with Crippen LogP contribution in [0.2, 0.25) is 0 Å². The second kappa shape index (κ2) is 5.49. The number of halogens is 2. The minimum Gasteiger partial charge on any atom is -0.395 e. The Morgan fingerprint density at radius 1 is 1.06 bits per heavy atom. The van der Waals surface area contributed by atoms with Crippen LogP contribution >= 0.6 is 0 Å². The van der Waals surface area contributed by atoms with Crippen molar-refractivity contribution >= 4 is 11.4 Å². The molecule has 2 rings (SSSR count). The molecule has 94 valence electrons. The van der Waals surface area contributed by atoms with E-state index in [2.05, 4.69) is 5.32 Å². The highest BCUT2D eigenvalue weighted by molar-refractivity contribution is 5.66. The van der Waals surface area contributed by atoms with Crippen molar-refractivity contribution in [2.75, 3.05) is 17.6 Å². The summed E-state index contributed by atoms with van der Waals surface area (Å²) < 4.78 is 26.2. The summed E-state index contributed by atoms with van der Waals surface area (Å²) >= 11 is 0. The van der Waals surface area contributed by atoms with Crippen LogP contribution < -0.4 is 11.1 Å². The van der Waals surface area contributed by atoms with Crippen LogP contribution in [0.4, 0.5) is 20.2 Å². The van der Waals surface area contributed by atoms with E-state index in [1.807, 2.05) is 30.3 Å². The quantitative estimate of drug-likeness (QED) is 0.815. The van der Waals surface area contributed by atoms with Gasteiger partial charge in [-0.25, -0.2) is 8.78 Å². The molecule has 0 unspecified atom stereocenters. The molecule has 0 aliphatic carbocycles. The summed E-state index contributed by atoms with van der Waals surface area (Å²) in [5.41, 5.74) is 6.92. The van der Waals surface area contributed by atoms with Crippen molar-refractivity contribution in [1.82, 2.24) is 0 Å². The Hall–Kier alpha value is -2.10. The zero-order valence-electron chi connectivity index (χ0n) is 9.79. The minimum absolute atomic E-state index is 0.0514. The third-order valence-corrected chi connectivity index (χ3v) is 2.67. The molecule has 18 heavy (non-hydrogen) atoms. The number of hydrogen-bond donors (Lipinski definition) is 2. The van der Waals surface area contributed by atoms with Crippen LogP contribution in [0.25, 0.3) is 0 Å². The molecule has 0 saturated carbocycles. The van der Waals surface area contributed by atoms with Crippen molar-refractivity contribution in [2.24, 2.45) is 0 Å². The number of nitrogens with two attached hydrogens (primary N) is 1. The van der Waals surface area contributed by atoms with E-state index in [1.165, 1.54) is 6.07 Å². The van der Waals surface area contributed by atoms with Gasteiger partial charge < -0.3 is 11.1 Å². The number of nitrogen functional groups attached to an aromatic ring is 1. The lowest BCUT2D eigenvalue weighted by Gasteiger charge is -2.10. The van der Waals surface area contributed by atoms with E-state index in [0.29, 0.717) is 12.2 Å². The minimum atomic E-state index is -0.739. The predicted molar refractivity (Wildman–Crippen MR) is 69.4 cm³/mol. The van der Waals surface area contributed by atoms with E-state index < -0.39 is 11.6 Å². The summed E-state index contributed by atoms with van der Waals surface area (Å²) in [6.45, 7) is 0.567. The van der Waals surface area contributed by atoms with Gasteiger partial charge >= 0.3 is 0 Å². The summed E-state index contributed by atoms with van der Waals surface area (Å²) in [5, 5.41) is 2.94. The summed E-state index contributed by atoms with van der Waals surface area (Å²) in [6, 6.07) is 11.8. The first kappa shape index (κ1) is 12.4. The number of hydrogen-bond acceptors (Lipinski definition) is 2. The Morgan fingerprint density at radius 2 is 1.78 bits per heavy atom. The third kappa shape index (κ3) is 2.97. The van der Waals surface area contributed by atoms with E-state index in [-0.39, 0.29) is 5.69 Å². The molecule has 0 aliphatic heterocycles. The Labute approximate surface area is 104 Å². The van der Waals surface area contributed by atoms with E-state index in [9.17, 15) is 8.78 Å². The highest BCUT2D eigenvalue weighted by atomic mass is 19.1. The Morgan fingerprint density at radius 3 is 2.50 bits per heavy atom. The highest BCUT2D eigenvalue weighted by Crippen LogP contribution is 2.23.